The van der Waals surface area contributed by atoms with Gasteiger partial charge < -0.3 is 11.1 Å². The van der Waals surface area contributed by atoms with Gasteiger partial charge in [-0.25, -0.2) is 4.68 Å². The van der Waals surface area contributed by atoms with Crippen molar-refractivity contribution >= 4 is 18.3 Å². The molecule has 0 bridgehead atoms. The van der Waals surface area contributed by atoms with Gasteiger partial charge in [0.2, 0.25) is 0 Å². The predicted octanol–water partition coefficient (Wildman–Crippen LogP) is 2.38. The minimum atomic E-state index is -0.0836. The summed E-state index contributed by atoms with van der Waals surface area (Å²) in [5.74, 6) is 0.459. The third kappa shape index (κ3) is 3.57. The number of nitrogens with two attached hydrogens (primary N) is 1. The smallest absolute Gasteiger partial charge is 0.255 e. The van der Waals surface area contributed by atoms with Gasteiger partial charge in [-0.05, 0) is 44.2 Å². The Bertz CT molecular complexity index is 694. The molecule has 1 aromatic heterocycles. The highest BCUT2D eigenvalue weighted by molar-refractivity contribution is 5.95. The first kappa shape index (κ1) is 17.5. The van der Waals surface area contributed by atoms with E-state index >= 15 is 0 Å². The van der Waals surface area contributed by atoms with E-state index in [4.69, 9.17) is 5.73 Å². The van der Waals surface area contributed by atoms with Crippen LogP contribution in [0.5, 0.6) is 0 Å². The van der Waals surface area contributed by atoms with Crippen molar-refractivity contribution in [2.45, 2.75) is 32.7 Å². The van der Waals surface area contributed by atoms with Crippen LogP contribution in [-0.4, -0.2) is 28.3 Å². The highest BCUT2D eigenvalue weighted by Gasteiger charge is 2.32. The van der Waals surface area contributed by atoms with Gasteiger partial charge >= 0.3 is 0 Å². The van der Waals surface area contributed by atoms with E-state index in [1.807, 2.05) is 42.8 Å². The zero-order valence-corrected chi connectivity index (χ0v) is 14.3. The summed E-state index contributed by atoms with van der Waals surface area (Å²) in [6, 6.07) is 8.08. The van der Waals surface area contributed by atoms with E-state index in [9.17, 15) is 4.79 Å². The van der Waals surface area contributed by atoms with Crippen LogP contribution in [0.25, 0.3) is 5.69 Å². The molecule has 1 aromatic carbocycles. The standard InChI is InChI=1S/C17H22N4O.ClH/c1-11-5-3-4-6-16(11)21-12(2)14(10-19-21)17(22)20-15(9-18)13-7-8-13;/h3-6,10,13,15H,7-9,18H2,1-2H3,(H,20,22);1H. The summed E-state index contributed by atoms with van der Waals surface area (Å²) in [6.07, 6.45) is 3.95. The average Bonchev–Trinajstić information content (AvgIpc) is 3.28. The van der Waals surface area contributed by atoms with Crippen LogP contribution in [0.1, 0.15) is 34.5 Å². The number of nitrogens with zero attached hydrogens (tertiary/aromatic N) is 2. The Labute approximate surface area is 142 Å². The number of benzene rings is 1. The number of rotatable bonds is 5. The molecule has 1 aliphatic carbocycles. The van der Waals surface area contributed by atoms with Gasteiger partial charge in [0.15, 0.2) is 0 Å². The number of carbonyl (C=O) groups is 1. The number of para-hydroxylation sites is 1. The number of nitrogens with one attached hydrogen (secondary N) is 1. The lowest BCUT2D eigenvalue weighted by molar-refractivity contribution is 0.0933. The Balaban J connectivity index is 0.00000192. The van der Waals surface area contributed by atoms with Gasteiger partial charge in [-0.1, -0.05) is 18.2 Å². The molecule has 6 heteroatoms. The second kappa shape index (κ2) is 7.15. The van der Waals surface area contributed by atoms with Gasteiger partial charge in [-0.3, -0.25) is 4.79 Å². The summed E-state index contributed by atoms with van der Waals surface area (Å²) in [6.45, 7) is 4.44. The fourth-order valence-electron chi connectivity index (χ4n) is 2.79. The van der Waals surface area contributed by atoms with Gasteiger partial charge in [-0.15, -0.1) is 12.4 Å². The number of amides is 1. The molecule has 2 aromatic rings. The van der Waals surface area contributed by atoms with Crippen molar-refractivity contribution in [2.24, 2.45) is 11.7 Å². The third-order valence-corrected chi connectivity index (χ3v) is 4.36. The van der Waals surface area contributed by atoms with Crippen LogP contribution >= 0.6 is 12.4 Å². The molecule has 3 rings (SSSR count). The number of halogens is 1. The van der Waals surface area contributed by atoms with Crippen LogP contribution in [-0.2, 0) is 0 Å². The molecule has 1 unspecified atom stereocenters. The Morgan fingerprint density at radius 3 is 2.70 bits per heavy atom. The number of aromatic nitrogens is 2. The van der Waals surface area contributed by atoms with Gasteiger partial charge in [0, 0.05) is 12.6 Å². The summed E-state index contributed by atoms with van der Waals surface area (Å²) in [7, 11) is 0. The molecular weight excluding hydrogens is 312 g/mol. The van der Waals surface area contributed by atoms with Crippen LogP contribution in [0.4, 0.5) is 0 Å². The maximum Gasteiger partial charge on any atom is 0.255 e. The van der Waals surface area contributed by atoms with Crippen LogP contribution in [0, 0.1) is 19.8 Å². The molecule has 0 radical (unpaired) electrons. The normalized spacial score (nSPS) is 14.9. The molecule has 5 nitrogen and oxygen atoms in total. The average molecular weight is 335 g/mol. The molecular formula is C17H23ClN4O. The Hall–Kier alpha value is -1.85. The van der Waals surface area contributed by atoms with Gasteiger partial charge in [0.25, 0.3) is 5.91 Å². The quantitative estimate of drug-likeness (QED) is 0.881. The van der Waals surface area contributed by atoms with Crippen LogP contribution in [0.2, 0.25) is 0 Å². The van der Waals surface area contributed by atoms with Crippen LogP contribution < -0.4 is 11.1 Å². The van der Waals surface area contributed by atoms with Crippen molar-refractivity contribution in [3.8, 4) is 5.69 Å². The van der Waals surface area contributed by atoms with Crippen molar-refractivity contribution in [1.82, 2.24) is 15.1 Å². The van der Waals surface area contributed by atoms with Gasteiger partial charge in [-0.2, -0.15) is 5.10 Å². The number of hydrogen-bond donors (Lipinski definition) is 2. The third-order valence-electron chi connectivity index (χ3n) is 4.36. The molecule has 1 atom stereocenters. The van der Waals surface area contributed by atoms with Crippen molar-refractivity contribution in [3.05, 3.63) is 47.3 Å². The van der Waals surface area contributed by atoms with E-state index < -0.39 is 0 Å². The van der Waals surface area contributed by atoms with Crippen LogP contribution in [0.15, 0.2) is 30.5 Å². The number of hydrogen-bond acceptors (Lipinski definition) is 3. The second-order valence-corrected chi connectivity index (χ2v) is 6.00. The Morgan fingerprint density at radius 1 is 1.39 bits per heavy atom. The lowest BCUT2D eigenvalue weighted by Gasteiger charge is -2.15. The topological polar surface area (TPSA) is 72.9 Å². The van der Waals surface area contributed by atoms with E-state index in [1.54, 1.807) is 6.20 Å². The zero-order valence-electron chi connectivity index (χ0n) is 13.5. The monoisotopic (exact) mass is 334 g/mol. The van der Waals surface area contributed by atoms with E-state index in [0.717, 1.165) is 29.8 Å². The fraction of sp³-hybridized carbons (Fsp3) is 0.412. The minimum absolute atomic E-state index is 0. The minimum Gasteiger partial charge on any atom is -0.348 e. The van der Waals surface area contributed by atoms with Gasteiger partial charge in [0.05, 0.1) is 23.1 Å². The van der Waals surface area contributed by atoms with Crippen molar-refractivity contribution in [2.75, 3.05) is 6.54 Å². The maximum atomic E-state index is 12.5. The largest absolute Gasteiger partial charge is 0.348 e. The molecule has 0 aliphatic heterocycles. The Morgan fingerprint density at radius 2 is 2.09 bits per heavy atom. The molecule has 3 N–H and O–H groups in total. The maximum absolute atomic E-state index is 12.5. The molecule has 124 valence electrons. The number of aryl methyl sites for hydroxylation is 1. The van der Waals surface area contributed by atoms with Crippen molar-refractivity contribution < 1.29 is 4.79 Å². The lowest BCUT2D eigenvalue weighted by atomic mass is 10.1. The first-order valence-electron chi connectivity index (χ1n) is 7.73. The Kier molecular flexibility index (Phi) is 5.44. The molecule has 1 aliphatic rings. The highest BCUT2D eigenvalue weighted by Crippen LogP contribution is 2.32. The second-order valence-electron chi connectivity index (χ2n) is 6.00. The van der Waals surface area contributed by atoms with Crippen molar-refractivity contribution in [1.29, 1.82) is 0 Å². The van der Waals surface area contributed by atoms with E-state index in [-0.39, 0.29) is 24.4 Å². The summed E-state index contributed by atoms with van der Waals surface area (Å²) >= 11 is 0. The highest BCUT2D eigenvalue weighted by atomic mass is 35.5. The SMILES string of the molecule is Cc1ccccc1-n1ncc(C(=O)NC(CN)C2CC2)c1C.Cl. The van der Waals surface area contributed by atoms with E-state index in [2.05, 4.69) is 10.4 Å². The molecule has 1 heterocycles. The predicted molar refractivity (Wildman–Crippen MR) is 93.3 cm³/mol. The molecule has 1 amide bonds. The summed E-state index contributed by atoms with van der Waals surface area (Å²) in [4.78, 5) is 12.5. The fourth-order valence-corrected chi connectivity index (χ4v) is 2.79. The van der Waals surface area contributed by atoms with Gasteiger partial charge in [0.1, 0.15) is 0 Å². The number of carbonyl (C=O) groups excluding carboxylic acids is 1. The lowest BCUT2D eigenvalue weighted by Crippen LogP contribution is -2.41. The molecule has 1 saturated carbocycles. The first-order chi connectivity index (χ1) is 10.6. The van der Waals surface area contributed by atoms with Crippen LogP contribution in [0.3, 0.4) is 0 Å². The van der Waals surface area contributed by atoms with E-state index in [1.165, 1.54) is 0 Å². The molecule has 1 fully saturated rings. The molecule has 0 saturated heterocycles. The van der Waals surface area contributed by atoms with Crippen molar-refractivity contribution in [3.63, 3.8) is 0 Å². The van der Waals surface area contributed by atoms with E-state index in [0.29, 0.717) is 18.0 Å². The summed E-state index contributed by atoms with van der Waals surface area (Å²) in [5.41, 5.74) is 9.34. The summed E-state index contributed by atoms with van der Waals surface area (Å²) in [5, 5.41) is 7.43. The summed E-state index contributed by atoms with van der Waals surface area (Å²) < 4.78 is 1.82. The zero-order chi connectivity index (χ0) is 15.7. The molecule has 0 spiro atoms. The molecule has 23 heavy (non-hydrogen) atoms. The first-order valence-corrected chi connectivity index (χ1v) is 7.73.